The summed E-state index contributed by atoms with van der Waals surface area (Å²) in [5.74, 6) is 0.404. The lowest BCUT2D eigenvalue weighted by Gasteiger charge is -2.33. The number of rotatable bonds is 6. The lowest BCUT2D eigenvalue weighted by atomic mass is 10.1. The fourth-order valence-corrected chi connectivity index (χ4v) is 3.39. The van der Waals surface area contributed by atoms with Gasteiger partial charge in [0.05, 0.1) is 12.7 Å². The van der Waals surface area contributed by atoms with Gasteiger partial charge < -0.3 is 15.0 Å². The van der Waals surface area contributed by atoms with E-state index in [2.05, 4.69) is 29.0 Å². The van der Waals surface area contributed by atoms with Crippen molar-refractivity contribution in [3.63, 3.8) is 0 Å². The van der Waals surface area contributed by atoms with Crippen molar-refractivity contribution >= 4 is 11.7 Å². The molecule has 0 saturated carbocycles. The largest absolute Gasteiger partial charge is 0.374 e. The van der Waals surface area contributed by atoms with Gasteiger partial charge in [0.25, 0.3) is 5.91 Å². The van der Waals surface area contributed by atoms with Gasteiger partial charge in [0.2, 0.25) is 0 Å². The smallest absolute Gasteiger partial charge is 0.268 e. The first-order chi connectivity index (χ1) is 11.3. The molecule has 1 amide bonds. The highest BCUT2D eigenvalue weighted by atomic mass is 16.5. The molecule has 1 aliphatic heterocycles. The SMILES string of the molecule is CC(=O)c1c(C)[nH]c(C(=O)NCC2CN(CC(C)C)CCO2)c1C. The van der Waals surface area contributed by atoms with Crippen molar-refractivity contribution < 1.29 is 14.3 Å². The average Bonchev–Trinajstić information content (AvgIpc) is 2.79. The standard InChI is InChI=1S/C18H29N3O3/c1-11(2)9-21-6-7-24-15(10-21)8-19-18(23)17-12(3)16(14(5)22)13(4)20-17/h11,15,20H,6-10H2,1-5H3,(H,19,23). The summed E-state index contributed by atoms with van der Waals surface area (Å²) in [5, 5.41) is 2.93. The third kappa shape index (κ3) is 4.45. The van der Waals surface area contributed by atoms with Crippen LogP contribution in [0.2, 0.25) is 0 Å². The van der Waals surface area contributed by atoms with Crippen LogP contribution in [0.15, 0.2) is 0 Å². The first kappa shape index (κ1) is 18.7. The Kier molecular flexibility index (Phi) is 6.18. The Labute approximate surface area is 143 Å². The van der Waals surface area contributed by atoms with Crippen molar-refractivity contribution in [3.05, 3.63) is 22.5 Å². The summed E-state index contributed by atoms with van der Waals surface area (Å²) in [6, 6.07) is 0. The molecule has 0 radical (unpaired) electrons. The van der Waals surface area contributed by atoms with Crippen LogP contribution in [0.4, 0.5) is 0 Å². The third-order valence-electron chi connectivity index (χ3n) is 4.35. The molecule has 0 spiro atoms. The van der Waals surface area contributed by atoms with Crippen molar-refractivity contribution in [1.82, 2.24) is 15.2 Å². The van der Waals surface area contributed by atoms with E-state index >= 15 is 0 Å². The molecule has 6 nitrogen and oxygen atoms in total. The average molecular weight is 335 g/mol. The van der Waals surface area contributed by atoms with Crippen LogP contribution in [-0.2, 0) is 4.74 Å². The lowest BCUT2D eigenvalue weighted by Crippen LogP contribution is -2.48. The van der Waals surface area contributed by atoms with E-state index in [4.69, 9.17) is 4.74 Å². The molecule has 1 unspecified atom stereocenters. The van der Waals surface area contributed by atoms with Gasteiger partial charge in [0.15, 0.2) is 5.78 Å². The molecule has 1 aliphatic rings. The van der Waals surface area contributed by atoms with E-state index in [1.165, 1.54) is 6.92 Å². The number of hydrogen-bond acceptors (Lipinski definition) is 4. The zero-order valence-corrected chi connectivity index (χ0v) is 15.4. The first-order valence-electron chi connectivity index (χ1n) is 8.61. The zero-order valence-electron chi connectivity index (χ0n) is 15.4. The molecular weight excluding hydrogens is 306 g/mol. The highest BCUT2D eigenvalue weighted by Crippen LogP contribution is 2.18. The number of amides is 1. The van der Waals surface area contributed by atoms with E-state index in [9.17, 15) is 9.59 Å². The lowest BCUT2D eigenvalue weighted by molar-refractivity contribution is -0.0295. The van der Waals surface area contributed by atoms with Crippen molar-refractivity contribution in [1.29, 1.82) is 0 Å². The van der Waals surface area contributed by atoms with Crippen LogP contribution in [-0.4, -0.2) is 60.5 Å². The Morgan fingerprint density at radius 3 is 2.67 bits per heavy atom. The number of ketones is 1. The minimum Gasteiger partial charge on any atom is -0.374 e. The fraction of sp³-hybridized carbons (Fsp3) is 0.667. The Bertz CT molecular complexity index is 607. The van der Waals surface area contributed by atoms with Crippen LogP contribution in [0.5, 0.6) is 0 Å². The number of aromatic nitrogens is 1. The molecule has 0 aromatic carbocycles. The van der Waals surface area contributed by atoms with Crippen molar-refractivity contribution in [2.45, 2.75) is 40.7 Å². The second-order valence-corrected chi connectivity index (χ2v) is 7.04. The molecule has 2 heterocycles. The highest BCUT2D eigenvalue weighted by Gasteiger charge is 2.23. The highest BCUT2D eigenvalue weighted by molar-refractivity contribution is 6.02. The summed E-state index contributed by atoms with van der Waals surface area (Å²) in [7, 11) is 0. The first-order valence-corrected chi connectivity index (χ1v) is 8.61. The number of carbonyl (C=O) groups is 2. The van der Waals surface area contributed by atoms with Crippen LogP contribution < -0.4 is 5.32 Å². The molecule has 1 fully saturated rings. The summed E-state index contributed by atoms with van der Waals surface area (Å²) < 4.78 is 5.75. The van der Waals surface area contributed by atoms with Crippen molar-refractivity contribution in [3.8, 4) is 0 Å². The van der Waals surface area contributed by atoms with Gasteiger partial charge in [-0.1, -0.05) is 13.8 Å². The minimum atomic E-state index is -0.187. The van der Waals surface area contributed by atoms with Crippen molar-refractivity contribution in [2.24, 2.45) is 5.92 Å². The van der Waals surface area contributed by atoms with E-state index in [0.717, 1.165) is 25.3 Å². The van der Waals surface area contributed by atoms with Gasteiger partial charge in [0, 0.05) is 37.4 Å². The summed E-state index contributed by atoms with van der Waals surface area (Å²) in [6.45, 7) is 13.5. The summed E-state index contributed by atoms with van der Waals surface area (Å²) in [6.07, 6.45) is 0.00472. The van der Waals surface area contributed by atoms with E-state index in [1.807, 2.05) is 6.92 Å². The third-order valence-corrected chi connectivity index (χ3v) is 4.35. The van der Waals surface area contributed by atoms with Crippen LogP contribution in [0.1, 0.15) is 52.9 Å². The van der Waals surface area contributed by atoms with Gasteiger partial charge in [-0.05, 0) is 32.3 Å². The van der Waals surface area contributed by atoms with Crippen LogP contribution in [0.3, 0.4) is 0 Å². The molecule has 6 heteroatoms. The summed E-state index contributed by atoms with van der Waals surface area (Å²) >= 11 is 0. The number of H-pyrrole nitrogens is 1. The van der Waals surface area contributed by atoms with E-state index in [-0.39, 0.29) is 17.8 Å². The van der Waals surface area contributed by atoms with Gasteiger partial charge in [-0.2, -0.15) is 0 Å². The van der Waals surface area contributed by atoms with Gasteiger partial charge in [-0.3, -0.25) is 14.5 Å². The van der Waals surface area contributed by atoms with E-state index < -0.39 is 0 Å². The molecule has 1 aromatic heterocycles. The van der Waals surface area contributed by atoms with Crippen LogP contribution in [0.25, 0.3) is 0 Å². The second-order valence-electron chi connectivity index (χ2n) is 7.04. The Morgan fingerprint density at radius 1 is 1.38 bits per heavy atom. The maximum Gasteiger partial charge on any atom is 0.268 e. The van der Waals surface area contributed by atoms with Gasteiger partial charge in [-0.15, -0.1) is 0 Å². The number of Topliss-reactive ketones (excluding diaryl/α,β-unsaturated/α-hetero) is 1. The molecule has 1 atom stereocenters. The second kappa shape index (κ2) is 7.94. The minimum absolute atomic E-state index is 0.00472. The normalized spacial score (nSPS) is 18.8. The van der Waals surface area contributed by atoms with E-state index in [0.29, 0.717) is 35.9 Å². The Morgan fingerprint density at radius 2 is 2.08 bits per heavy atom. The number of nitrogens with zero attached hydrogens (tertiary/aromatic N) is 1. The van der Waals surface area contributed by atoms with Gasteiger partial charge in [0.1, 0.15) is 5.69 Å². The Hall–Kier alpha value is -1.66. The number of ether oxygens (including phenoxy) is 1. The predicted molar refractivity (Wildman–Crippen MR) is 93.6 cm³/mol. The molecule has 24 heavy (non-hydrogen) atoms. The van der Waals surface area contributed by atoms with Gasteiger partial charge in [-0.25, -0.2) is 0 Å². The topological polar surface area (TPSA) is 74.4 Å². The number of carbonyl (C=O) groups excluding carboxylic acids is 2. The van der Waals surface area contributed by atoms with Crippen molar-refractivity contribution in [2.75, 3.05) is 32.8 Å². The quantitative estimate of drug-likeness (QED) is 0.779. The maximum atomic E-state index is 12.4. The molecule has 2 N–H and O–H groups in total. The molecule has 134 valence electrons. The number of nitrogens with one attached hydrogen (secondary N) is 2. The fourth-order valence-electron chi connectivity index (χ4n) is 3.39. The number of morpholine rings is 1. The molecule has 1 saturated heterocycles. The van der Waals surface area contributed by atoms with Crippen LogP contribution >= 0.6 is 0 Å². The molecule has 0 bridgehead atoms. The zero-order chi connectivity index (χ0) is 17.9. The maximum absolute atomic E-state index is 12.4. The number of hydrogen-bond donors (Lipinski definition) is 2. The molecule has 2 rings (SSSR count). The van der Waals surface area contributed by atoms with Gasteiger partial charge >= 0.3 is 0 Å². The molecule has 0 aliphatic carbocycles. The van der Waals surface area contributed by atoms with Crippen LogP contribution in [0, 0.1) is 19.8 Å². The monoisotopic (exact) mass is 335 g/mol. The predicted octanol–water partition coefficient (Wildman–Crippen LogP) is 1.92. The van der Waals surface area contributed by atoms with E-state index in [1.54, 1.807) is 6.92 Å². The number of aryl methyl sites for hydroxylation is 1. The molecular formula is C18H29N3O3. The summed E-state index contributed by atoms with van der Waals surface area (Å²) in [5.41, 5.74) is 2.52. The summed E-state index contributed by atoms with van der Waals surface area (Å²) in [4.78, 5) is 29.5. The molecule has 1 aromatic rings. The Balaban J connectivity index is 1.94. The number of aromatic amines is 1.